The zero-order chi connectivity index (χ0) is 14.5. The van der Waals surface area contributed by atoms with Crippen LogP contribution >= 0.6 is 15.9 Å². The SMILES string of the molecule is O=C(NCCC1=CCCC1)c1cc([N+](=O)[O-])ccc1Br. The smallest absolute Gasteiger partial charge is 0.270 e. The van der Waals surface area contributed by atoms with Crippen LogP contribution in [0.2, 0.25) is 0 Å². The van der Waals surface area contributed by atoms with Gasteiger partial charge in [0.2, 0.25) is 0 Å². The third-order valence-electron chi connectivity index (χ3n) is 3.27. The van der Waals surface area contributed by atoms with Crippen molar-refractivity contribution in [3.05, 3.63) is 50.0 Å². The number of non-ortho nitro benzene ring substituents is 1. The lowest BCUT2D eigenvalue weighted by Gasteiger charge is -2.07. The fourth-order valence-corrected chi connectivity index (χ4v) is 2.62. The molecule has 0 radical (unpaired) electrons. The number of nitro groups is 1. The molecule has 0 unspecified atom stereocenters. The minimum absolute atomic E-state index is 0.0862. The predicted octanol–water partition coefficient (Wildman–Crippen LogP) is 3.59. The topological polar surface area (TPSA) is 72.2 Å². The standard InChI is InChI=1S/C14H15BrN2O3/c15-13-6-5-11(17(19)20)9-12(13)14(18)16-8-7-10-3-1-2-4-10/h3,5-6,9H,1-2,4,7-8H2,(H,16,18). The van der Waals surface area contributed by atoms with E-state index in [0.29, 0.717) is 16.6 Å². The van der Waals surface area contributed by atoms with Crippen LogP contribution in [-0.2, 0) is 0 Å². The lowest BCUT2D eigenvalue weighted by atomic mass is 10.1. The van der Waals surface area contributed by atoms with Gasteiger partial charge in [-0.15, -0.1) is 0 Å². The Kier molecular flexibility index (Phi) is 4.89. The van der Waals surface area contributed by atoms with Crippen molar-refractivity contribution in [2.75, 3.05) is 6.54 Å². The molecular formula is C14H15BrN2O3. The van der Waals surface area contributed by atoms with Crippen LogP contribution in [0.25, 0.3) is 0 Å². The van der Waals surface area contributed by atoms with Crippen LogP contribution in [0.3, 0.4) is 0 Å². The predicted molar refractivity (Wildman–Crippen MR) is 79.7 cm³/mol. The van der Waals surface area contributed by atoms with E-state index in [9.17, 15) is 14.9 Å². The second-order valence-electron chi connectivity index (χ2n) is 4.68. The Morgan fingerprint density at radius 3 is 2.90 bits per heavy atom. The molecule has 0 spiro atoms. The maximum absolute atomic E-state index is 12.0. The van der Waals surface area contributed by atoms with E-state index in [1.807, 2.05) is 0 Å². The van der Waals surface area contributed by atoms with E-state index in [-0.39, 0.29) is 11.6 Å². The van der Waals surface area contributed by atoms with Crippen LogP contribution in [0.15, 0.2) is 34.3 Å². The first kappa shape index (κ1) is 14.7. The Labute approximate surface area is 125 Å². The summed E-state index contributed by atoms with van der Waals surface area (Å²) in [6, 6.07) is 4.17. The van der Waals surface area contributed by atoms with Crippen molar-refractivity contribution in [3.63, 3.8) is 0 Å². The summed E-state index contributed by atoms with van der Waals surface area (Å²) in [6.45, 7) is 0.555. The lowest BCUT2D eigenvalue weighted by molar-refractivity contribution is -0.384. The zero-order valence-corrected chi connectivity index (χ0v) is 12.5. The van der Waals surface area contributed by atoms with Gasteiger partial charge in [0.15, 0.2) is 0 Å². The minimum atomic E-state index is -0.507. The molecule has 0 saturated carbocycles. The monoisotopic (exact) mass is 338 g/mol. The summed E-state index contributed by atoms with van der Waals surface area (Å²) in [4.78, 5) is 22.2. The highest BCUT2D eigenvalue weighted by Gasteiger charge is 2.15. The van der Waals surface area contributed by atoms with Gasteiger partial charge in [-0.1, -0.05) is 11.6 Å². The lowest BCUT2D eigenvalue weighted by Crippen LogP contribution is -2.25. The van der Waals surface area contributed by atoms with E-state index in [2.05, 4.69) is 27.3 Å². The van der Waals surface area contributed by atoms with E-state index in [0.717, 1.165) is 19.3 Å². The summed E-state index contributed by atoms with van der Waals surface area (Å²) >= 11 is 3.24. The van der Waals surface area contributed by atoms with Crippen LogP contribution in [0.1, 0.15) is 36.0 Å². The maximum atomic E-state index is 12.0. The van der Waals surface area contributed by atoms with Crippen molar-refractivity contribution in [3.8, 4) is 0 Å². The van der Waals surface area contributed by atoms with E-state index in [1.165, 1.54) is 30.2 Å². The summed E-state index contributed by atoms with van der Waals surface area (Å²) < 4.78 is 0.556. The summed E-state index contributed by atoms with van der Waals surface area (Å²) in [7, 11) is 0. The Bertz CT molecular complexity index is 570. The van der Waals surface area contributed by atoms with Gasteiger partial charge in [0, 0.05) is 23.2 Å². The second-order valence-corrected chi connectivity index (χ2v) is 5.54. The van der Waals surface area contributed by atoms with Crippen molar-refractivity contribution in [1.29, 1.82) is 0 Å². The van der Waals surface area contributed by atoms with Gasteiger partial charge in [0.05, 0.1) is 10.5 Å². The molecule has 0 bridgehead atoms. The Morgan fingerprint density at radius 2 is 2.25 bits per heavy atom. The zero-order valence-electron chi connectivity index (χ0n) is 10.9. The molecule has 1 aliphatic rings. The molecule has 6 heteroatoms. The minimum Gasteiger partial charge on any atom is -0.352 e. The number of carbonyl (C=O) groups excluding carboxylic acids is 1. The van der Waals surface area contributed by atoms with Crippen molar-refractivity contribution in [1.82, 2.24) is 5.32 Å². The van der Waals surface area contributed by atoms with Crippen molar-refractivity contribution < 1.29 is 9.72 Å². The number of nitro benzene ring substituents is 1. The van der Waals surface area contributed by atoms with Crippen LogP contribution in [0.5, 0.6) is 0 Å². The van der Waals surface area contributed by atoms with Gasteiger partial charge in [-0.25, -0.2) is 0 Å². The highest BCUT2D eigenvalue weighted by atomic mass is 79.9. The molecule has 0 fully saturated rings. The fraction of sp³-hybridized carbons (Fsp3) is 0.357. The van der Waals surface area contributed by atoms with Gasteiger partial charge < -0.3 is 5.32 Å². The molecule has 1 N–H and O–H groups in total. The van der Waals surface area contributed by atoms with Gasteiger partial charge >= 0.3 is 0 Å². The third-order valence-corrected chi connectivity index (χ3v) is 3.96. The van der Waals surface area contributed by atoms with Crippen LogP contribution in [0, 0.1) is 10.1 Å². The summed E-state index contributed by atoms with van der Waals surface area (Å²) in [5, 5.41) is 13.5. The Morgan fingerprint density at radius 1 is 1.45 bits per heavy atom. The first-order valence-electron chi connectivity index (χ1n) is 6.48. The summed E-state index contributed by atoms with van der Waals surface area (Å²) in [6.07, 6.45) is 6.49. The molecule has 1 aromatic carbocycles. The maximum Gasteiger partial charge on any atom is 0.270 e. The number of amides is 1. The molecule has 20 heavy (non-hydrogen) atoms. The molecule has 0 saturated heterocycles. The molecule has 1 aromatic rings. The molecule has 2 rings (SSSR count). The number of allylic oxidation sites excluding steroid dienone is 1. The normalized spacial score (nSPS) is 13.9. The molecule has 106 valence electrons. The number of benzene rings is 1. The van der Waals surface area contributed by atoms with Gasteiger partial charge in [-0.3, -0.25) is 14.9 Å². The first-order chi connectivity index (χ1) is 9.58. The molecule has 0 aliphatic heterocycles. The average Bonchev–Trinajstić information content (AvgIpc) is 2.92. The van der Waals surface area contributed by atoms with Gasteiger partial charge in [-0.2, -0.15) is 0 Å². The fourth-order valence-electron chi connectivity index (χ4n) is 2.20. The Balaban J connectivity index is 1.97. The van der Waals surface area contributed by atoms with Crippen molar-refractivity contribution >= 4 is 27.5 Å². The summed E-state index contributed by atoms with van der Waals surface area (Å²) in [5.41, 5.74) is 1.58. The molecule has 0 aromatic heterocycles. The molecule has 0 atom stereocenters. The highest BCUT2D eigenvalue weighted by molar-refractivity contribution is 9.10. The number of nitrogens with one attached hydrogen (secondary N) is 1. The van der Waals surface area contributed by atoms with E-state index in [1.54, 1.807) is 0 Å². The third kappa shape index (κ3) is 3.66. The van der Waals surface area contributed by atoms with Gasteiger partial charge in [0.1, 0.15) is 0 Å². The number of hydrogen-bond donors (Lipinski definition) is 1. The molecule has 1 amide bonds. The second kappa shape index (κ2) is 6.65. The van der Waals surface area contributed by atoms with Gasteiger partial charge in [0.25, 0.3) is 11.6 Å². The number of nitrogens with zero attached hydrogens (tertiary/aromatic N) is 1. The largest absolute Gasteiger partial charge is 0.352 e. The quantitative estimate of drug-likeness (QED) is 0.506. The molecule has 1 aliphatic carbocycles. The van der Waals surface area contributed by atoms with E-state index >= 15 is 0 Å². The number of rotatable bonds is 5. The number of halogens is 1. The Hall–Kier alpha value is -1.69. The molecular weight excluding hydrogens is 324 g/mol. The van der Waals surface area contributed by atoms with Crippen LogP contribution in [-0.4, -0.2) is 17.4 Å². The number of carbonyl (C=O) groups is 1. The van der Waals surface area contributed by atoms with Crippen molar-refractivity contribution in [2.24, 2.45) is 0 Å². The van der Waals surface area contributed by atoms with Crippen LogP contribution in [0.4, 0.5) is 5.69 Å². The number of hydrogen-bond acceptors (Lipinski definition) is 3. The first-order valence-corrected chi connectivity index (χ1v) is 7.27. The van der Waals surface area contributed by atoms with Crippen LogP contribution < -0.4 is 5.32 Å². The molecule has 5 nitrogen and oxygen atoms in total. The van der Waals surface area contributed by atoms with E-state index in [4.69, 9.17) is 0 Å². The van der Waals surface area contributed by atoms with Crippen molar-refractivity contribution in [2.45, 2.75) is 25.7 Å². The summed E-state index contributed by atoms with van der Waals surface area (Å²) in [5.74, 6) is -0.292. The van der Waals surface area contributed by atoms with E-state index < -0.39 is 4.92 Å². The van der Waals surface area contributed by atoms with Gasteiger partial charge in [-0.05, 0) is 47.7 Å². The average molecular weight is 339 g/mol. The highest BCUT2D eigenvalue weighted by Crippen LogP contribution is 2.23. The molecule has 0 heterocycles.